The van der Waals surface area contributed by atoms with E-state index in [-0.39, 0.29) is 17.0 Å². The maximum absolute atomic E-state index is 13.3. The maximum Gasteiger partial charge on any atom is 0.416 e. The van der Waals surface area contributed by atoms with Gasteiger partial charge in [-0.2, -0.15) is 26.3 Å². The Labute approximate surface area is 227 Å². The van der Waals surface area contributed by atoms with Gasteiger partial charge in [-0.05, 0) is 48.9 Å². The number of halogens is 7. The first kappa shape index (κ1) is 30.5. The van der Waals surface area contributed by atoms with Gasteiger partial charge in [-0.15, -0.1) is 5.10 Å². The number of hydrogen-bond acceptors (Lipinski definition) is 5. The van der Waals surface area contributed by atoms with Gasteiger partial charge in [0, 0.05) is 17.1 Å². The van der Waals surface area contributed by atoms with E-state index in [1.54, 1.807) is 0 Å². The highest BCUT2D eigenvalue weighted by Gasteiger charge is 2.36. The van der Waals surface area contributed by atoms with Gasteiger partial charge >= 0.3 is 24.1 Å². The van der Waals surface area contributed by atoms with Crippen molar-refractivity contribution < 1.29 is 40.7 Å². The monoisotopic (exact) mass is 593 g/mol. The molecule has 2 aromatic carbocycles. The zero-order chi connectivity index (χ0) is 29.9. The average Bonchev–Trinajstić information content (AvgIpc) is 3.15. The van der Waals surface area contributed by atoms with Crippen LogP contribution in [0, 0.1) is 0 Å². The molecule has 1 aromatic heterocycles. The van der Waals surface area contributed by atoms with Gasteiger partial charge in [-0.3, -0.25) is 9.36 Å². The summed E-state index contributed by atoms with van der Waals surface area (Å²) in [7, 11) is 0. The lowest BCUT2D eigenvalue weighted by Gasteiger charge is -2.31. The number of benzene rings is 2. The van der Waals surface area contributed by atoms with Crippen LogP contribution in [0.3, 0.4) is 0 Å². The van der Waals surface area contributed by atoms with E-state index in [9.17, 15) is 40.7 Å². The standard InChI is InChI=1S/C24H22ClF6N5O4/c1-22(13-40-20(32)38,15-3-2-4-16(11-15)24(29,30)31)33-18(37)12-36-21(39)35(10-9-23(26,27)28)19(34-36)14-5-7-17(25)8-6-14/h2-8,11H,9-10,12-13H2,1H3,(H2,32,38)(H,33,37). The maximum atomic E-state index is 13.3. The molecule has 0 fully saturated rings. The minimum Gasteiger partial charge on any atom is -0.447 e. The van der Waals surface area contributed by atoms with Crippen molar-refractivity contribution >= 4 is 23.6 Å². The second kappa shape index (κ2) is 11.6. The lowest BCUT2D eigenvalue weighted by molar-refractivity contribution is -0.138. The van der Waals surface area contributed by atoms with Crippen LogP contribution < -0.4 is 16.7 Å². The Kier molecular flexibility index (Phi) is 8.87. The predicted molar refractivity (Wildman–Crippen MR) is 130 cm³/mol. The van der Waals surface area contributed by atoms with E-state index in [2.05, 4.69) is 10.4 Å². The summed E-state index contributed by atoms with van der Waals surface area (Å²) in [6.45, 7) is -1.05. The van der Waals surface area contributed by atoms with Crippen LogP contribution in [-0.4, -0.2) is 39.1 Å². The first-order valence-corrected chi connectivity index (χ1v) is 11.8. The largest absolute Gasteiger partial charge is 0.447 e. The lowest BCUT2D eigenvalue weighted by Crippen LogP contribution is -2.49. The SMILES string of the molecule is CC(COC(N)=O)(NC(=O)Cn1nc(-c2ccc(Cl)cc2)n(CCC(F)(F)F)c1=O)c1cccc(C(F)(F)F)c1. The van der Waals surface area contributed by atoms with Crippen LogP contribution in [0.2, 0.25) is 5.02 Å². The molecule has 0 aliphatic heterocycles. The molecule has 1 atom stereocenters. The number of carbonyl (C=O) groups is 2. The Morgan fingerprint density at radius 1 is 1.05 bits per heavy atom. The van der Waals surface area contributed by atoms with Crippen LogP contribution in [0.15, 0.2) is 53.3 Å². The molecular weight excluding hydrogens is 572 g/mol. The summed E-state index contributed by atoms with van der Waals surface area (Å²) in [6.07, 6.45) is -11.9. The number of amides is 2. The summed E-state index contributed by atoms with van der Waals surface area (Å²) in [4.78, 5) is 37.2. The fourth-order valence-corrected chi connectivity index (χ4v) is 3.85. The van der Waals surface area contributed by atoms with E-state index in [4.69, 9.17) is 22.1 Å². The van der Waals surface area contributed by atoms with Gasteiger partial charge in [0.05, 0.1) is 17.5 Å². The first-order valence-electron chi connectivity index (χ1n) is 11.4. The minimum atomic E-state index is -4.72. The predicted octanol–water partition coefficient (Wildman–Crippen LogP) is 4.46. The molecule has 0 saturated heterocycles. The molecule has 0 saturated carbocycles. The van der Waals surface area contributed by atoms with Gasteiger partial charge in [0.2, 0.25) is 5.91 Å². The molecule has 16 heteroatoms. The molecule has 0 aliphatic carbocycles. The molecule has 3 N–H and O–H groups in total. The fourth-order valence-electron chi connectivity index (χ4n) is 3.73. The number of ether oxygens (including phenoxy) is 1. The zero-order valence-corrected chi connectivity index (χ0v) is 21.4. The van der Waals surface area contributed by atoms with E-state index >= 15 is 0 Å². The molecule has 9 nitrogen and oxygen atoms in total. The van der Waals surface area contributed by atoms with E-state index < -0.39 is 67.3 Å². The van der Waals surface area contributed by atoms with Crippen molar-refractivity contribution in [3.63, 3.8) is 0 Å². The molecular formula is C24H22ClF6N5O4. The second-order valence-electron chi connectivity index (χ2n) is 8.85. The normalized spacial score (nSPS) is 13.5. The minimum absolute atomic E-state index is 0.109. The van der Waals surface area contributed by atoms with Gasteiger partial charge < -0.3 is 15.8 Å². The topological polar surface area (TPSA) is 121 Å². The Morgan fingerprint density at radius 2 is 1.68 bits per heavy atom. The van der Waals surface area contributed by atoms with E-state index in [0.29, 0.717) is 9.70 Å². The molecule has 0 radical (unpaired) electrons. The zero-order valence-electron chi connectivity index (χ0n) is 20.6. The van der Waals surface area contributed by atoms with Gasteiger partial charge in [0.15, 0.2) is 5.82 Å². The summed E-state index contributed by atoms with van der Waals surface area (Å²) >= 11 is 5.86. The van der Waals surface area contributed by atoms with E-state index in [1.165, 1.54) is 37.3 Å². The summed E-state index contributed by atoms with van der Waals surface area (Å²) in [5.74, 6) is -1.14. The van der Waals surface area contributed by atoms with Crippen molar-refractivity contribution in [1.82, 2.24) is 19.7 Å². The van der Waals surface area contributed by atoms with Crippen LogP contribution in [-0.2, 0) is 34.3 Å². The van der Waals surface area contributed by atoms with Crippen molar-refractivity contribution in [1.29, 1.82) is 0 Å². The smallest absolute Gasteiger partial charge is 0.416 e. The Hall–Kier alpha value is -4.01. The first-order chi connectivity index (χ1) is 18.5. The van der Waals surface area contributed by atoms with Crippen LogP contribution >= 0.6 is 11.6 Å². The van der Waals surface area contributed by atoms with E-state index in [1.807, 2.05) is 0 Å². The molecule has 216 valence electrons. The summed E-state index contributed by atoms with van der Waals surface area (Å²) in [5, 5.41) is 6.74. The van der Waals surface area contributed by atoms with Crippen LogP contribution in [0.1, 0.15) is 24.5 Å². The molecule has 3 rings (SSSR count). The van der Waals surface area contributed by atoms with Crippen molar-refractivity contribution in [2.24, 2.45) is 5.73 Å². The summed E-state index contributed by atoms with van der Waals surface area (Å²) in [5.41, 5.74) is 1.28. The highest BCUT2D eigenvalue weighted by Crippen LogP contribution is 2.32. The third-order valence-corrected chi connectivity index (χ3v) is 5.93. The van der Waals surface area contributed by atoms with Gasteiger partial charge in [-0.25, -0.2) is 14.3 Å². The molecule has 3 aromatic rings. The molecule has 0 spiro atoms. The highest BCUT2D eigenvalue weighted by molar-refractivity contribution is 6.30. The van der Waals surface area contributed by atoms with Crippen LogP contribution in [0.25, 0.3) is 11.4 Å². The van der Waals surface area contributed by atoms with Crippen molar-refractivity contribution in [3.05, 3.63) is 75.2 Å². The Morgan fingerprint density at radius 3 is 2.25 bits per heavy atom. The van der Waals surface area contributed by atoms with Gasteiger partial charge in [-0.1, -0.05) is 23.7 Å². The number of primary amides is 1. The molecule has 1 unspecified atom stereocenters. The Balaban J connectivity index is 1.95. The van der Waals surface area contributed by atoms with Crippen LogP contribution in [0.4, 0.5) is 31.1 Å². The van der Waals surface area contributed by atoms with E-state index in [0.717, 1.165) is 22.8 Å². The van der Waals surface area contributed by atoms with Gasteiger partial charge in [0.1, 0.15) is 13.2 Å². The number of nitrogens with two attached hydrogens (primary N) is 1. The number of hydrogen-bond donors (Lipinski definition) is 2. The molecule has 0 aliphatic rings. The molecule has 2 amide bonds. The molecule has 0 bridgehead atoms. The third-order valence-electron chi connectivity index (χ3n) is 5.68. The summed E-state index contributed by atoms with van der Waals surface area (Å²) in [6, 6.07) is 9.57. The Bertz CT molecular complexity index is 1440. The highest BCUT2D eigenvalue weighted by atomic mass is 35.5. The number of aromatic nitrogens is 3. The number of alkyl halides is 6. The fraction of sp³-hybridized carbons (Fsp3) is 0.333. The van der Waals surface area contributed by atoms with Gasteiger partial charge in [0.25, 0.3) is 0 Å². The average molecular weight is 594 g/mol. The molecule has 40 heavy (non-hydrogen) atoms. The molecule has 1 heterocycles. The number of rotatable bonds is 9. The van der Waals surface area contributed by atoms with Crippen molar-refractivity contribution in [3.8, 4) is 11.4 Å². The second-order valence-corrected chi connectivity index (χ2v) is 9.29. The van der Waals surface area contributed by atoms with Crippen LogP contribution in [0.5, 0.6) is 0 Å². The van der Waals surface area contributed by atoms with Crippen molar-refractivity contribution in [2.75, 3.05) is 6.61 Å². The number of nitrogens with zero attached hydrogens (tertiary/aromatic N) is 3. The number of nitrogens with one attached hydrogen (secondary N) is 1. The summed E-state index contributed by atoms with van der Waals surface area (Å²) < 4.78 is 84.7. The number of carbonyl (C=O) groups excluding carboxylic acids is 2. The lowest BCUT2D eigenvalue weighted by atomic mass is 9.91. The quantitative estimate of drug-likeness (QED) is 0.355. The van der Waals surface area contributed by atoms with Crippen molar-refractivity contribution in [2.45, 2.75) is 44.3 Å². The third kappa shape index (κ3) is 7.77.